The molecule has 2 aromatic carbocycles. The Balaban J connectivity index is 1.57. The zero-order valence-corrected chi connectivity index (χ0v) is 15.9. The summed E-state index contributed by atoms with van der Waals surface area (Å²) in [5.41, 5.74) is 11.7. The Hall–Kier alpha value is -3.51. The van der Waals surface area contributed by atoms with Crippen LogP contribution in [0.25, 0.3) is 34.3 Å². The summed E-state index contributed by atoms with van der Waals surface area (Å²) in [4.78, 5) is 10.4. The molecular formula is C22H22N6. The molecule has 0 fully saturated rings. The van der Waals surface area contributed by atoms with E-state index < -0.39 is 0 Å². The zero-order valence-electron chi connectivity index (χ0n) is 15.9. The molecular weight excluding hydrogens is 348 g/mol. The van der Waals surface area contributed by atoms with Crippen LogP contribution in [0, 0.1) is 0 Å². The van der Waals surface area contributed by atoms with Crippen molar-refractivity contribution >= 4 is 29.0 Å². The maximum atomic E-state index is 5.69. The molecule has 140 valence electrons. The average molecular weight is 370 g/mol. The summed E-state index contributed by atoms with van der Waals surface area (Å²) < 4.78 is 0. The minimum Gasteiger partial charge on any atom is -0.368 e. The van der Waals surface area contributed by atoms with Crippen LogP contribution in [0.3, 0.4) is 0 Å². The molecule has 6 nitrogen and oxygen atoms in total. The van der Waals surface area contributed by atoms with Gasteiger partial charge in [0.2, 0.25) is 5.95 Å². The fourth-order valence-electron chi connectivity index (χ4n) is 3.14. The molecule has 4 aromatic rings. The Morgan fingerprint density at radius 1 is 1.04 bits per heavy atom. The first-order valence-electron chi connectivity index (χ1n) is 9.07. The highest BCUT2D eigenvalue weighted by molar-refractivity contribution is 5.91. The zero-order chi connectivity index (χ0) is 19.5. The van der Waals surface area contributed by atoms with Gasteiger partial charge in [0.1, 0.15) is 0 Å². The predicted octanol–water partition coefficient (Wildman–Crippen LogP) is 3.83. The molecule has 0 aliphatic heterocycles. The van der Waals surface area contributed by atoms with E-state index in [0.717, 1.165) is 40.0 Å². The SMILES string of the molecule is CN(C)Cc1ccc(C=Cc2n[nH]c3cc(-c4ccnc(N)n4)ccc23)cc1. The quantitative estimate of drug-likeness (QED) is 0.558. The molecule has 3 N–H and O–H groups in total. The van der Waals surface area contributed by atoms with Gasteiger partial charge in [0.15, 0.2) is 0 Å². The van der Waals surface area contributed by atoms with Crippen LogP contribution in [-0.2, 0) is 6.54 Å². The van der Waals surface area contributed by atoms with Crippen molar-refractivity contribution in [3.8, 4) is 11.3 Å². The maximum Gasteiger partial charge on any atom is 0.220 e. The largest absolute Gasteiger partial charge is 0.368 e. The fourth-order valence-corrected chi connectivity index (χ4v) is 3.14. The van der Waals surface area contributed by atoms with E-state index in [1.54, 1.807) is 6.20 Å². The van der Waals surface area contributed by atoms with Crippen molar-refractivity contribution in [2.24, 2.45) is 0 Å². The topological polar surface area (TPSA) is 83.7 Å². The van der Waals surface area contributed by atoms with Gasteiger partial charge < -0.3 is 10.6 Å². The highest BCUT2D eigenvalue weighted by Crippen LogP contribution is 2.25. The van der Waals surface area contributed by atoms with Gasteiger partial charge in [-0.3, -0.25) is 5.10 Å². The van der Waals surface area contributed by atoms with Crippen LogP contribution in [-0.4, -0.2) is 39.2 Å². The molecule has 0 saturated heterocycles. The number of hydrogen-bond donors (Lipinski definition) is 2. The number of benzene rings is 2. The number of anilines is 1. The number of nitrogens with zero attached hydrogens (tertiary/aromatic N) is 4. The van der Waals surface area contributed by atoms with Crippen molar-refractivity contribution in [3.05, 3.63) is 71.5 Å². The van der Waals surface area contributed by atoms with E-state index in [9.17, 15) is 0 Å². The lowest BCUT2D eigenvalue weighted by Gasteiger charge is -2.09. The second-order valence-corrected chi connectivity index (χ2v) is 6.98. The minimum absolute atomic E-state index is 0.266. The fraction of sp³-hybridized carbons (Fsp3) is 0.136. The van der Waals surface area contributed by atoms with Gasteiger partial charge in [-0.1, -0.05) is 36.4 Å². The summed E-state index contributed by atoms with van der Waals surface area (Å²) in [6.45, 7) is 0.939. The number of rotatable bonds is 5. The Morgan fingerprint density at radius 3 is 2.61 bits per heavy atom. The number of hydrogen-bond acceptors (Lipinski definition) is 5. The number of aromatic amines is 1. The normalized spacial score (nSPS) is 11.7. The highest BCUT2D eigenvalue weighted by atomic mass is 15.1. The van der Waals surface area contributed by atoms with E-state index >= 15 is 0 Å². The van der Waals surface area contributed by atoms with Crippen LogP contribution in [0.1, 0.15) is 16.8 Å². The summed E-state index contributed by atoms with van der Waals surface area (Å²) in [6, 6.07) is 16.5. The number of H-pyrrole nitrogens is 1. The lowest BCUT2D eigenvalue weighted by Crippen LogP contribution is -2.10. The van der Waals surface area contributed by atoms with Crippen molar-refractivity contribution in [1.82, 2.24) is 25.1 Å². The first-order valence-corrected chi connectivity index (χ1v) is 9.07. The first kappa shape index (κ1) is 17.9. The van der Waals surface area contributed by atoms with E-state index in [-0.39, 0.29) is 5.95 Å². The number of aromatic nitrogens is 4. The van der Waals surface area contributed by atoms with Gasteiger partial charge in [-0.05, 0) is 49.5 Å². The van der Waals surface area contributed by atoms with Crippen LogP contribution < -0.4 is 5.73 Å². The van der Waals surface area contributed by atoms with Gasteiger partial charge in [-0.25, -0.2) is 9.97 Å². The van der Waals surface area contributed by atoms with E-state index in [2.05, 4.69) is 69.5 Å². The average Bonchev–Trinajstić information content (AvgIpc) is 3.09. The second kappa shape index (κ2) is 7.62. The lowest BCUT2D eigenvalue weighted by atomic mass is 10.1. The molecule has 0 aliphatic rings. The summed E-state index contributed by atoms with van der Waals surface area (Å²) in [6.07, 6.45) is 5.77. The maximum absolute atomic E-state index is 5.69. The van der Waals surface area contributed by atoms with Gasteiger partial charge in [0, 0.05) is 23.7 Å². The lowest BCUT2D eigenvalue weighted by molar-refractivity contribution is 0.402. The van der Waals surface area contributed by atoms with Gasteiger partial charge in [0.05, 0.1) is 16.9 Å². The van der Waals surface area contributed by atoms with Gasteiger partial charge in [-0.2, -0.15) is 5.10 Å². The van der Waals surface area contributed by atoms with Gasteiger partial charge in [0.25, 0.3) is 0 Å². The molecule has 0 bridgehead atoms. The second-order valence-electron chi connectivity index (χ2n) is 6.98. The van der Waals surface area contributed by atoms with Crippen LogP contribution in [0.15, 0.2) is 54.7 Å². The molecule has 0 amide bonds. The Bertz CT molecular complexity index is 1130. The monoisotopic (exact) mass is 370 g/mol. The molecule has 2 heterocycles. The molecule has 28 heavy (non-hydrogen) atoms. The smallest absolute Gasteiger partial charge is 0.220 e. The summed E-state index contributed by atoms with van der Waals surface area (Å²) in [5, 5.41) is 8.60. The third-order valence-electron chi connectivity index (χ3n) is 4.47. The van der Waals surface area contributed by atoms with E-state index in [1.807, 2.05) is 30.3 Å². The number of fused-ring (bicyclic) bond motifs is 1. The van der Waals surface area contributed by atoms with Crippen LogP contribution in [0.4, 0.5) is 5.95 Å². The van der Waals surface area contributed by atoms with Crippen molar-refractivity contribution < 1.29 is 0 Å². The molecule has 0 unspecified atom stereocenters. The first-order chi connectivity index (χ1) is 13.6. The molecule has 2 aromatic heterocycles. The van der Waals surface area contributed by atoms with Gasteiger partial charge in [-0.15, -0.1) is 0 Å². The third kappa shape index (κ3) is 3.92. The summed E-state index contributed by atoms with van der Waals surface area (Å²) in [7, 11) is 4.14. The van der Waals surface area contributed by atoms with E-state index in [1.165, 1.54) is 5.56 Å². The standard InChI is InChI=1S/C22H22N6/c1-28(2)14-16-5-3-15(4-6-16)7-10-20-18-9-8-17(13-21(18)27-26-20)19-11-12-24-22(23)25-19/h3-13H,14H2,1-2H3,(H,26,27)(H2,23,24,25). The predicted molar refractivity (Wildman–Crippen MR) is 114 cm³/mol. The number of nitrogen functional groups attached to an aromatic ring is 1. The number of nitrogens with one attached hydrogen (secondary N) is 1. The Kier molecular flexibility index (Phi) is 4.87. The third-order valence-corrected chi connectivity index (χ3v) is 4.47. The molecule has 4 rings (SSSR count). The molecule has 0 spiro atoms. The Morgan fingerprint density at radius 2 is 1.86 bits per heavy atom. The van der Waals surface area contributed by atoms with E-state index in [4.69, 9.17) is 5.73 Å². The molecule has 0 aliphatic carbocycles. The van der Waals surface area contributed by atoms with Crippen LogP contribution >= 0.6 is 0 Å². The Labute approximate surface area is 163 Å². The van der Waals surface area contributed by atoms with Gasteiger partial charge >= 0.3 is 0 Å². The van der Waals surface area contributed by atoms with Crippen molar-refractivity contribution in [2.45, 2.75) is 6.54 Å². The number of nitrogens with two attached hydrogens (primary N) is 1. The summed E-state index contributed by atoms with van der Waals surface area (Å²) in [5.74, 6) is 0.266. The van der Waals surface area contributed by atoms with Crippen molar-refractivity contribution in [1.29, 1.82) is 0 Å². The van der Waals surface area contributed by atoms with Crippen molar-refractivity contribution in [3.63, 3.8) is 0 Å². The molecule has 6 heteroatoms. The molecule has 0 saturated carbocycles. The van der Waals surface area contributed by atoms with Crippen molar-refractivity contribution in [2.75, 3.05) is 19.8 Å². The van der Waals surface area contributed by atoms with Crippen LogP contribution in [0.5, 0.6) is 0 Å². The van der Waals surface area contributed by atoms with E-state index in [0.29, 0.717) is 0 Å². The minimum atomic E-state index is 0.266. The summed E-state index contributed by atoms with van der Waals surface area (Å²) >= 11 is 0. The van der Waals surface area contributed by atoms with Crippen LogP contribution in [0.2, 0.25) is 0 Å². The molecule has 0 radical (unpaired) electrons. The highest BCUT2D eigenvalue weighted by Gasteiger charge is 2.07. The molecule has 0 atom stereocenters.